The number of hydrogen-bond acceptors (Lipinski definition) is 2. The number of carbonyl (C=O) groups is 1. The van der Waals surface area contributed by atoms with Gasteiger partial charge in [0.1, 0.15) is 5.75 Å². The average molecular weight is 271 g/mol. The van der Waals surface area contributed by atoms with E-state index in [1.54, 1.807) is 12.2 Å². The molecule has 1 N–H and O–H groups in total. The molecular weight excluding hydrogens is 250 g/mol. The molecule has 0 aliphatic heterocycles. The van der Waals surface area contributed by atoms with Crippen molar-refractivity contribution >= 4 is 5.91 Å². The molecule has 0 fully saturated rings. The van der Waals surface area contributed by atoms with Gasteiger partial charge in [-0.2, -0.15) is 0 Å². The highest BCUT2D eigenvalue weighted by Crippen LogP contribution is 2.16. The molecule has 0 atom stereocenters. The van der Waals surface area contributed by atoms with Crippen LogP contribution in [0.25, 0.3) is 0 Å². The van der Waals surface area contributed by atoms with E-state index in [4.69, 9.17) is 4.74 Å². The summed E-state index contributed by atoms with van der Waals surface area (Å²) in [6, 6.07) is 5.76. The van der Waals surface area contributed by atoms with Gasteiger partial charge in [0.05, 0.1) is 0 Å². The van der Waals surface area contributed by atoms with Crippen LogP contribution in [-0.4, -0.2) is 12.5 Å². The molecule has 0 aromatic heterocycles. The predicted octanol–water partition coefficient (Wildman–Crippen LogP) is 3.44. The molecule has 106 valence electrons. The van der Waals surface area contributed by atoms with Crippen molar-refractivity contribution in [1.29, 1.82) is 0 Å². The van der Waals surface area contributed by atoms with Crippen molar-refractivity contribution in [2.75, 3.05) is 6.61 Å². The Morgan fingerprint density at radius 2 is 2.10 bits per heavy atom. The van der Waals surface area contributed by atoms with Crippen molar-refractivity contribution in [2.24, 2.45) is 0 Å². The van der Waals surface area contributed by atoms with E-state index in [0.717, 1.165) is 5.56 Å². The van der Waals surface area contributed by atoms with Crippen molar-refractivity contribution in [2.45, 2.75) is 20.8 Å². The van der Waals surface area contributed by atoms with Gasteiger partial charge in [-0.25, -0.2) is 0 Å². The lowest BCUT2D eigenvalue weighted by atomic mass is 10.1. The van der Waals surface area contributed by atoms with Gasteiger partial charge in [0.15, 0.2) is 6.61 Å². The van der Waals surface area contributed by atoms with Gasteiger partial charge >= 0.3 is 0 Å². The van der Waals surface area contributed by atoms with Gasteiger partial charge in [0, 0.05) is 5.70 Å². The van der Waals surface area contributed by atoms with Crippen LogP contribution < -0.4 is 10.1 Å². The van der Waals surface area contributed by atoms with Crippen LogP contribution in [0.15, 0.2) is 54.8 Å². The zero-order valence-corrected chi connectivity index (χ0v) is 12.3. The molecule has 1 amide bonds. The highest BCUT2D eigenvalue weighted by molar-refractivity contribution is 5.79. The first-order valence-electron chi connectivity index (χ1n) is 6.52. The minimum atomic E-state index is -0.209. The minimum absolute atomic E-state index is 0.0243. The van der Waals surface area contributed by atoms with Gasteiger partial charge in [-0.3, -0.25) is 4.79 Å². The third-order valence-corrected chi connectivity index (χ3v) is 2.82. The number of benzene rings is 1. The summed E-state index contributed by atoms with van der Waals surface area (Å²) < 4.78 is 5.46. The Morgan fingerprint density at radius 3 is 2.70 bits per heavy atom. The van der Waals surface area contributed by atoms with Gasteiger partial charge in [0.2, 0.25) is 0 Å². The Balaban J connectivity index is 2.54. The molecule has 0 heterocycles. The number of amides is 1. The van der Waals surface area contributed by atoms with Crippen LogP contribution in [0.1, 0.15) is 18.1 Å². The second-order valence-electron chi connectivity index (χ2n) is 4.43. The number of carbonyl (C=O) groups excluding carboxylic acids is 1. The largest absolute Gasteiger partial charge is 0.484 e. The summed E-state index contributed by atoms with van der Waals surface area (Å²) in [5, 5.41) is 2.73. The zero-order chi connectivity index (χ0) is 15.0. The third-order valence-electron chi connectivity index (χ3n) is 2.82. The molecule has 0 spiro atoms. The van der Waals surface area contributed by atoms with Crippen LogP contribution in [0.5, 0.6) is 5.75 Å². The summed E-state index contributed by atoms with van der Waals surface area (Å²) >= 11 is 0. The highest BCUT2D eigenvalue weighted by Gasteiger charge is 2.04. The van der Waals surface area contributed by atoms with Gasteiger partial charge in [-0.05, 0) is 56.2 Å². The van der Waals surface area contributed by atoms with E-state index < -0.39 is 0 Å². The van der Waals surface area contributed by atoms with Gasteiger partial charge in [-0.1, -0.05) is 24.8 Å². The summed E-state index contributed by atoms with van der Waals surface area (Å²) in [5.41, 5.74) is 2.99. The molecular formula is C17H21NO2. The molecule has 1 aromatic carbocycles. The summed E-state index contributed by atoms with van der Waals surface area (Å²) in [4.78, 5) is 11.8. The molecule has 0 unspecified atom stereocenters. The van der Waals surface area contributed by atoms with E-state index in [9.17, 15) is 4.79 Å². The zero-order valence-electron chi connectivity index (χ0n) is 12.3. The fraction of sp³-hybridized carbons (Fsp3) is 0.235. The van der Waals surface area contributed by atoms with Gasteiger partial charge in [-0.15, -0.1) is 0 Å². The molecule has 0 aliphatic rings. The first kappa shape index (κ1) is 15.8. The smallest absolute Gasteiger partial charge is 0.262 e. The monoisotopic (exact) mass is 271 g/mol. The lowest BCUT2D eigenvalue weighted by molar-refractivity contribution is -0.122. The molecule has 20 heavy (non-hydrogen) atoms. The van der Waals surface area contributed by atoms with E-state index in [1.165, 1.54) is 5.56 Å². The molecule has 1 aromatic rings. The normalized spacial score (nSPS) is 11.4. The van der Waals surface area contributed by atoms with Crippen molar-refractivity contribution < 1.29 is 9.53 Å². The molecule has 0 radical (unpaired) electrons. The molecule has 1 rings (SSSR count). The standard InChI is InChI=1S/C17H21NO2/c1-5-7-8-15(6-2)18-17(19)12-20-16-10-9-13(3)14(4)11-16/h5-11H,2,12H2,1,3-4H3,(H,18,19)/b7-5-,15-8+. The first-order chi connectivity index (χ1) is 9.56. The molecule has 0 bridgehead atoms. The molecule has 0 aliphatic carbocycles. The Labute approximate surface area is 120 Å². The fourth-order valence-corrected chi connectivity index (χ4v) is 1.51. The Kier molecular flexibility index (Phi) is 6.30. The van der Waals surface area contributed by atoms with Crippen molar-refractivity contribution in [1.82, 2.24) is 5.32 Å². The molecule has 0 saturated carbocycles. The van der Waals surface area contributed by atoms with E-state index in [-0.39, 0.29) is 12.5 Å². The van der Waals surface area contributed by atoms with E-state index >= 15 is 0 Å². The molecule has 0 saturated heterocycles. The average Bonchev–Trinajstić information content (AvgIpc) is 2.44. The van der Waals surface area contributed by atoms with Crippen LogP contribution in [0, 0.1) is 13.8 Å². The second kappa shape index (κ2) is 8.00. The van der Waals surface area contributed by atoms with E-state index in [0.29, 0.717) is 11.4 Å². The van der Waals surface area contributed by atoms with Crippen LogP contribution in [0.2, 0.25) is 0 Å². The van der Waals surface area contributed by atoms with Crippen LogP contribution in [-0.2, 0) is 4.79 Å². The second-order valence-corrected chi connectivity index (χ2v) is 4.43. The van der Waals surface area contributed by atoms with Gasteiger partial charge in [0.25, 0.3) is 5.91 Å². The van der Waals surface area contributed by atoms with Crippen molar-refractivity contribution in [3.8, 4) is 5.75 Å². The maximum atomic E-state index is 11.8. The Morgan fingerprint density at radius 1 is 1.35 bits per heavy atom. The summed E-state index contributed by atoms with van der Waals surface area (Å²) in [6.45, 7) is 9.58. The maximum absolute atomic E-state index is 11.8. The summed E-state index contributed by atoms with van der Waals surface area (Å²) in [6.07, 6.45) is 7.08. The van der Waals surface area contributed by atoms with Crippen molar-refractivity contribution in [3.63, 3.8) is 0 Å². The molecule has 3 heteroatoms. The van der Waals surface area contributed by atoms with Crippen LogP contribution in [0.4, 0.5) is 0 Å². The number of ether oxygens (including phenoxy) is 1. The summed E-state index contributed by atoms with van der Waals surface area (Å²) in [5.74, 6) is 0.486. The minimum Gasteiger partial charge on any atom is -0.484 e. The quantitative estimate of drug-likeness (QED) is 0.805. The number of nitrogens with one attached hydrogen (secondary N) is 1. The first-order valence-corrected chi connectivity index (χ1v) is 6.52. The fourth-order valence-electron chi connectivity index (χ4n) is 1.51. The van der Waals surface area contributed by atoms with Crippen LogP contribution in [0.3, 0.4) is 0 Å². The third kappa shape index (κ3) is 5.14. The predicted molar refractivity (Wildman–Crippen MR) is 82.6 cm³/mol. The Bertz CT molecular complexity index is 542. The Hall–Kier alpha value is -2.29. The number of aryl methyl sites for hydroxylation is 2. The topological polar surface area (TPSA) is 38.3 Å². The lowest BCUT2D eigenvalue weighted by Gasteiger charge is -2.09. The van der Waals surface area contributed by atoms with Gasteiger partial charge < -0.3 is 10.1 Å². The highest BCUT2D eigenvalue weighted by atomic mass is 16.5. The van der Waals surface area contributed by atoms with Crippen LogP contribution >= 0.6 is 0 Å². The number of hydrogen-bond donors (Lipinski definition) is 1. The van der Waals surface area contributed by atoms with Crippen molar-refractivity contribution in [3.05, 3.63) is 65.9 Å². The maximum Gasteiger partial charge on any atom is 0.262 e. The SMILES string of the molecule is C=C/C(=C\C=C/C)NC(=O)COc1ccc(C)c(C)c1. The molecule has 3 nitrogen and oxygen atoms in total. The number of rotatable bonds is 6. The van der Waals surface area contributed by atoms with E-state index in [2.05, 4.69) is 11.9 Å². The van der Waals surface area contributed by atoms with E-state index in [1.807, 2.05) is 51.1 Å². The number of allylic oxidation sites excluding steroid dienone is 4. The summed E-state index contributed by atoms with van der Waals surface area (Å²) in [7, 11) is 0. The lowest BCUT2D eigenvalue weighted by Crippen LogP contribution is -2.27.